The third kappa shape index (κ3) is 1.92. The lowest BCUT2D eigenvalue weighted by atomic mass is 10.2. The summed E-state index contributed by atoms with van der Waals surface area (Å²) in [6.45, 7) is 0. The van der Waals surface area contributed by atoms with Crippen LogP contribution in [0.4, 0.5) is 0 Å². The molecule has 0 nitrogen and oxygen atoms in total. The average molecular weight is 273 g/mol. The van der Waals surface area contributed by atoms with Gasteiger partial charge in [0.1, 0.15) is 0 Å². The molecule has 0 saturated heterocycles. The van der Waals surface area contributed by atoms with Crippen molar-refractivity contribution in [1.29, 1.82) is 0 Å². The Morgan fingerprint density at radius 3 is 3.00 bits per heavy atom. The van der Waals surface area contributed by atoms with Crippen LogP contribution in [0.1, 0.15) is 4.88 Å². The van der Waals surface area contributed by atoms with E-state index in [-0.39, 0.29) is 0 Å². The molecule has 2 rings (SSSR count). The van der Waals surface area contributed by atoms with Crippen molar-refractivity contribution in [1.82, 2.24) is 0 Å². The normalized spacial score (nSPS) is 10.9. The molecular weight excluding hydrogens is 264 g/mol. The minimum absolute atomic E-state index is 1.12. The summed E-state index contributed by atoms with van der Waals surface area (Å²) in [4.78, 5) is 1.45. The third-order valence-electron chi connectivity index (χ3n) is 1.85. The quantitative estimate of drug-likeness (QED) is 0.774. The smallest absolute Gasteiger partial charge is 0.0357 e. The molecule has 0 aliphatic carbocycles. The second-order valence-corrected chi connectivity index (χ2v) is 5.69. The highest BCUT2D eigenvalue weighted by atomic mass is 79.9. The number of thioether (sulfide) groups is 1. The third-order valence-corrected chi connectivity index (χ3v) is 4.42. The van der Waals surface area contributed by atoms with E-state index in [1.165, 1.54) is 19.4 Å². The molecule has 0 spiro atoms. The number of fused-ring (bicyclic) bond motifs is 1. The Balaban J connectivity index is 2.55. The molecule has 1 heterocycles. The SMILES string of the molecule is CSCc1cc2c(Br)cccc2s1. The van der Waals surface area contributed by atoms with Crippen molar-refractivity contribution in [3.05, 3.63) is 33.6 Å². The van der Waals surface area contributed by atoms with E-state index in [0.717, 1.165) is 5.75 Å². The van der Waals surface area contributed by atoms with E-state index < -0.39 is 0 Å². The van der Waals surface area contributed by atoms with E-state index in [2.05, 4.69) is 46.5 Å². The summed E-state index contributed by atoms with van der Waals surface area (Å²) >= 11 is 7.32. The van der Waals surface area contributed by atoms with Gasteiger partial charge in [-0.15, -0.1) is 11.3 Å². The highest BCUT2D eigenvalue weighted by Crippen LogP contribution is 2.32. The minimum atomic E-state index is 1.12. The molecule has 2 aromatic rings. The fourth-order valence-corrected chi connectivity index (χ4v) is 3.75. The maximum atomic E-state index is 3.56. The fraction of sp³-hybridized carbons (Fsp3) is 0.200. The van der Waals surface area contributed by atoms with Crippen LogP contribution in [0.2, 0.25) is 0 Å². The fourth-order valence-electron chi connectivity index (χ4n) is 1.29. The first-order valence-electron chi connectivity index (χ1n) is 3.97. The number of halogens is 1. The molecule has 0 aliphatic heterocycles. The van der Waals surface area contributed by atoms with E-state index in [4.69, 9.17) is 0 Å². The molecule has 0 aliphatic rings. The predicted molar refractivity (Wildman–Crippen MR) is 66.7 cm³/mol. The van der Waals surface area contributed by atoms with Crippen LogP contribution in [-0.4, -0.2) is 6.26 Å². The first kappa shape index (κ1) is 9.56. The molecule has 1 aromatic carbocycles. The van der Waals surface area contributed by atoms with Gasteiger partial charge < -0.3 is 0 Å². The monoisotopic (exact) mass is 272 g/mol. The number of benzene rings is 1. The summed E-state index contributed by atoms with van der Waals surface area (Å²) in [5.74, 6) is 1.12. The lowest BCUT2D eigenvalue weighted by Gasteiger charge is -1.90. The predicted octanol–water partition coefficient (Wildman–Crippen LogP) is 4.53. The van der Waals surface area contributed by atoms with Crippen LogP contribution in [0.5, 0.6) is 0 Å². The van der Waals surface area contributed by atoms with Gasteiger partial charge in [0, 0.05) is 25.2 Å². The summed E-state index contributed by atoms with van der Waals surface area (Å²) in [6, 6.07) is 8.64. The van der Waals surface area contributed by atoms with Crippen molar-refractivity contribution in [2.75, 3.05) is 6.26 Å². The molecule has 13 heavy (non-hydrogen) atoms. The summed E-state index contributed by atoms with van der Waals surface area (Å²) < 4.78 is 2.58. The molecule has 0 saturated carbocycles. The molecule has 0 atom stereocenters. The van der Waals surface area contributed by atoms with E-state index in [0.29, 0.717) is 0 Å². The first-order valence-corrected chi connectivity index (χ1v) is 6.97. The van der Waals surface area contributed by atoms with Crippen molar-refractivity contribution in [3.8, 4) is 0 Å². The Hall–Kier alpha value is 0.01000. The Kier molecular flexibility index (Phi) is 2.96. The van der Waals surface area contributed by atoms with E-state index in [1.54, 1.807) is 0 Å². The van der Waals surface area contributed by atoms with E-state index in [1.807, 2.05) is 23.1 Å². The maximum Gasteiger partial charge on any atom is 0.0357 e. The molecule has 0 unspecified atom stereocenters. The zero-order valence-electron chi connectivity index (χ0n) is 7.21. The maximum absolute atomic E-state index is 3.56. The van der Waals surface area contributed by atoms with Crippen molar-refractivity contribution in [3.63, 3.8) is 0 Å². The number of hydrogen-bond donors (Lipinski definition) is 0. The van der Waals surface area contributed by atoms with Gasteiger partial charge in [-0.3, -0.25) is 0 Å². The van der Waals surface area contributed by atoms with Gasteiger partial charge in [-0.25, -0.2) is 0 Å². The standard InChI is InChI=1S/C10H9BrS2/c1-12-6-7-5-8-9(11)3-2-4-10(8)13-7/h2-5H,6H2,1H3. The summed E-state index contributed by atoms with van der Waals surface area (Å²) in [5.41, 5.74) is 0. The Bertz CT molecular complexity index is 420. The molecule has 1 aromatic heterocycles. The minimum Gasteiger partial charge on any atom is -0.160 e. The van der Waals surface area contributed by atoms with Gasteiger partial charge in [0.05, 0.1) is 0 Å². The molecule has 68 valence electrons. The Morgan fingerprint density at radius 2 is 2.31 bits per heavy atom. The van der Waals surface area contributed by atoms with Gasteiger partial charge >= 0.3 is 0 Å². The summed E-state index contributed by atoms with van der Waals surface area (Å²) in [7, 11) is 0. The van der Waals surface area contributed by atoms with Gasteiger partial charge in [-0.1, -0.05) is 22.0 Å². The first-order chi connectivity index (χ1) is 6.31. The van der Waals surface area contributed by atoms with Crippen LogP contribution in [-0.2, 0) is 5.75 Å². The molecule has 0 fully saturated rings. The van der Waals surface area contributed by atoms with Gasteiger partial charge in [-0.2, -0.15) is 11.8 Å². The van der Waals surface area contributed by atoms with Crippen LogP contribution in [0.25, 0.3) is 10.1 Å². The van der Waals surface area contributed by atoms with Crippen LogP contribution >= 0.6 is 39.0 Å². The second-order valence-electron chi connectivity index (χ2n) is 2.80. The van der Waals surface area contributed by atoms with E-state index in [9.17, 15) is 0 Å². The molecule has 0 bridgehead atoms. The molecular formula is C10H9BrS2. The van der Waals surface area contributed by atoms with Crippen molar-refractivity contribution >= 4 is 49.1 Å². The lowest BCUT2D eigenvalue weighted by molar-refractivity contribution is 1.56. The zero-order valence-corrected chi connectivity index (χ0v) is 10.4. The zero-order chi connectivity index (χ0) is 9.26. The van der Waals surface area contributed by atoms with Crippen molar-refractivity contribution < 1.29 is 0 Å². The van der Waals surface area contributed by atoms with Gasteiger partial charge in [0.15, 0.2) is 0 Å². The van der Waals surface area contributed by atoms with E-state index >= 15 is 0 Å². The molecule has 3 heteroatoms. The average Bonchev–Trinajstić information content (AvgIpc) is 2.49. The molecule has 0 amide bonds. The summed E-state index contributed by atoms with van der Waals surface area (Å²) in [5, 5.41) is 1.34. The highest BCUT2D eigenvalue weighted by Gasteiger charge is 2.03. The van der Waals surface area contributed by atoms with Crippen LogP contribution < -0.4 is 0 Å². The molecule has 0 radical (unpaired) electrons. The Morgan fingerprint density at radius 1 is 1.46 bits per heavy atom. The number of thiophene rings is 1. The largest absolute Gasteiger partial charge is 0.160 e. The van der Waals surface area contributed by atoms with Crippen LogP contribution in [0.15, 0.2) is 28.7 Å². The van der Waals surface area contributed by atoms with Crippen LogP contribution in [0.3, 0.4) is 0 Å². The topological polar surface area (TPSA) is 0 Å². The lowest BCUT2D eigenvalue weighted by Crippen LogP contribution is -1.67. The highest BCUT2D eigenvalue weighted by molar-refractivity contribution is 9.10. The van der Waals surface area contributed by atoms with Gasteiger partial charge in [-0.05, 0) is 24.5 Å². The van der Waals surface area contributed by atoms with Gasteiger partial charge in [0.2, 0.25) is 0 Å². The molecule has 0 N–H and O–H groups in total. The van der Waals surface area contributed by atoms with Crippen molar-refractivity contribution in [2.45, 2.75) is 5.75 Å². The number of rotatable bonds is 2. The van der Waals surface area contributed by atoms with Crippen LogP contribution in [0, 0.1) is 0 Å². The summed E-state index contributed by atoms with van der Waals surface area (Å²) in [6.07, 6.45) is 2.14. The Labute approximate surface area is 94.5 Å². The van der Waals surface area contributed by atoms with Gasteiger partial charge in [0.25, 0.3) is 0 Å². The second kappa shape index (κ2) is 4.03. The van der Waals surface area contributed by atoms with Crippen molar-refractivity contribution in [2.24, 2.45) is 0 Å². The number of hydrogen-bond acceptors (Lipinski definition) is 2.